The van der Waals surface area contributed by atoms with E-state index < -0.39 is 11.9 Å². The zero-order valence-electron chi connectivity index (χ0n) is 12.7. The molecule has 0 radical (unpaired) electrons. The molecule has 5 nitrogen and oxygen atoms in total. The van der Waals surface area contributed by atoms with Crippen LogP contribution in [0.3, 0.4) is 0 Å². The maximum absolute atomic E-state index is 13.8. The van der Waals surface area contributed by atoms with Gasteiger partial charge in [0.1, 0.15) is 5.82 Å². The normalized spacial score (nSPS) is 13.7. The second-order valence-electron chi connectivity index (χ2n) is 6.10. The van der Waals surface area contributed by atoms with Gasteiger partial charge in [-0.3, -0.25) is 0 Å². The van der Waals surface area contributed by atoms with Crippen molar-refractivity contribution in [3.8, 4) is 0 Å². The number of halogens is 1. The first-order valence-corrected chi connectivity index (χ1v) is 7.46. The van der Waals surface area contributed by atoms with Crippen LogP contribution in [-0.2, 0) is 16.5 Å². The van der Waals surface area contributed by atoms with Crippen LogP contribution < -0.4 is 5.73 Å². The van der Waals surface area contributed by atoms with E-state index in [0.717, 1.165) is 11.1 Å². The molecule has 2 atom stereocenters. The van der Waals surface area contributed by atoms with E-state index in [1.54, 1.807) is 6.07 Å². The van der Waals surface area contributed by atoms with Crippen molar-refractivity contribution in [2.45, 2.75) is 31.9 Å². The lowest BCUT2D eigenvalue weighted by molar-refractivity contribution is 0.0805. The van der Waals surface area contributed by atoms with E-state index in [2.05, 4.69) is 9.47 Å². The van der Waals surface area contributed by atoms with Gasteiger partial charge in [-0.2, -0.15) is 0 Å². The largest absolute Gasteiger partial charge is 0.396 e. The Labute approximate surface area is 131 Å². The second-order valence-corrected chi connectivity index (χ2v) is 6.44. The van der Waals surface area contributed by atoms with Gasteiger partial charge in [0.05, 0.1) is 37.1 Å². The predicted octanol–water partition coefficient (Wildman–Crippen LogP) is 1.80. The summed E-state index contributed by atoms with van der Waals surface area (Å²) in [6, 6.07) is 4.85. The summed E-state index contributed by atoms with van der Waals surface area (Å²) in [5.74, 6) is -0.503. The van der Waals surface area contributed by atoms with Crippen molar-refractivity contribution in [2.24, 2.45) is 0 Å². The van der Waals surface area contributed by atoms with E-state index in [-0.39, 0.29) is 24.3 Å². The first-order chi connectivity index (χ1) is 10.3. The molecular formula is C15H22FN2O3P. The van der Waals surface area contributed by atoms with E-state index in [1.807, 2.05) is 24.5 Å². The first kappa shape index (κ1) is 17.2. The number of aliphatic hydroxyl groups excluding tert-OH is 2. The molecule has 2 rings (SSSR count). The summed E-state index contributed by atoms with van der Waals surface area (Å²) >= 11 is 0. The highest BCUT2D eigenvalue weighted by Crippen LogP contribution is 2.32. The van der Waals surface area contributed by atoms with Gasteiger partial charge in [0.15, 0.2) is 0 Å². The Morgan fingerprint density at radius 1 is 1.41 bits per heavy atom. The number of benzene rings is 1. The molecule has 22 heavy (non-hydrogen) atoms. The number of aromatic nitrogens is 1. The Kier molecular flexibility index (Phi) is 5.07. The highest BCUT2D eigenvalue weighted by molar-refractivity contribution is 7.09. The number of nitrogens with zero attached hydrogens (tertiary/aromatic N) is 1. The molecule has 0 fully saturated rings. The van der Waals surface area contributed by atoms with E-state index in [9.17, 15) is 9.50 Å². The molecule has 0 aliphatic rings. The zero-order valence-corrected chi connectivity index (χ0v) is 13.9. The highest BCUT2D eigenvalue weighted by atomic mass is 31.0. The predicted molar refractivity (Wildman–Crippen MR) is 88.1 cm³/mol. The maximum atomic E-state index is 13.8. The smallest absolute Gasteiger partial charge is 0.148 e. The Hall–Kier alpha value is -1.20. The number of nitrogens with two attached hydrogens (primary N) is 1. The van der Waals surface area contributed by atoms with Gasteiger partial charge in [-0.25, -0.2) is 4.39 Å². The summed E-state index contributed by atoms with van der Waals surface area (Å²) in [6.45, 7) is 4.22. The monoisotopic (exact) mass is 328 g/mol. The van der Waals surface area contributed by atoms with Crippen LogP contribution in [0.25, 0.3) is 10.9 Å². The van der Waals surface area contributed by atoms with Crippen molar-refractivity contribution in [2.75, 3.05) is 18.9 Å². The second kappa shape index (κ2) is 6.50. The lowest BCUT2D eigenvalue weighted by Crippen LogP contribution is -2.29. The number of aliphatic hydroxyl groups is 2. The molecule has 0 saturated carbocycles. The number of rotatable bonds is 6. The van der Waals surface area contributed by atoms with Crippen molar-refractivity contribution in [3.05, 3.63) is 29.7 Å². The Morgan fingerprint density at radius 3 is 2.68 bits per heavy atom. The van der Waals surface area contributed by atoms with E-state index in [1.165, 1.54) is 6.07 Å². The third-order valence-corrected chi connectivity index (χ3v) is 3.93. The first-order valence-electron chi connectivity index (χ1n) is 6.99. The van der Waals surface area contributed by atoms with E-state index in [0.29, 0.717) is 12.1 Å². The molecule has 4 N–H and O–H groups in total. The van der Waals surface area contributed by atoms with Gasteiger partial charge < -0.3 is 25.0 Å². The molecule has 122 valence electrons. The fourth-order valence-electron chi connectivity index (χ4n) is 2.61. The lowest BCUT2D eigenvalue weighted by atomic mass is 9.90. The number of nitrogen functional groups attached to an aromatic ring is 1. The van der Waals surface area contributed by atoms with Crippen LogP contribution in [-0.4, -0.2) is 34.1 Å². The Balaban J connectivity index is 2.65. The Morgan fingerprint density at radius 2 is 2.09 bits per heavy atom. The minimum atomic E-state index is -0.928. The van der Waals surface area contributed by atoms with Crippen LogP contribution in [0, 0.1) is 5.82 Å². The molecule has 2 aromatic rings. The number of hydrogen-bond donors (Lipinski definition) is 3. The summed E-state index contributed by atoms with van der Waals surface area (Å²) in [5, 5.41) is 19.7. The molecule has 7 heteroatoms. The number of anilines is 1. The van der Waals surface area contributed by atoms with Crippen LogP contribution in [0.15, 0.2) is 18.2 Å². The van der Waals surface area contributed by atoms with Gasteiger partial charge in [0, 0.05) is 32.0 Å². The fraction of sp³-hybridized carbons (Fsp3) is 0.467. The van der Waals surface area contributed by atoms with Crippen molar-refractivity contribution in [1.82, 2.24) is 4.57 Å². The van der Waals surface area contributed by atoms with E-state index >= 15 is 0 Å². The average Bonchev–Trinajstić information content (AvgIpc) is 2.78. The van der Waals surface area contributed by atoms with Crippen molar-refractivity contribution < 1.29 is 19.1 Å². The summed E-state index contributed by atoms with van der Waals surface area (Å²) in [4.78, 5) is 0. The molecule has 0 spiro atoms. The molecule has 0 amide bonds. The molecule has 0 bridgehead atoms. The fourth-order valence-corrected chi connectivity index (χ4v) is 3.03. The van der Waals surface area contributed by atoms with E-state index in [4.69, 9.17) is 15.4 Å². The van der Waals surface area contributed by atoms with Crippen LogP contribution in [0.2, 0.25) is 0 Å². The highest BCUT2D eigenvalue weighted by Gasteiger charge is 2.27. The molecular weight excluding hydrogens is 306 g/mol. The molecule has 0 aliphatic heterocycles. The van der Waals surface area contributed by atoms with Crippen molar-refractivity contribution in [1.29, 1.82) is 0 Å². The average molecular weight is 328 g/mol. The molecule has 1 aromatic carbocycles. The number of fused-ring (bicyclic) bond motifs is 1. The SMILES string of the molecule is CC(C)(COP)c1cc2cc(N)c(F)cc2n1CC(O)CO. The van der Waals surface area contributed by atoms with Crippen molar-refractivity contribution >= 4 is 26.1 Å². The third kappa shape index (κ3) is 3.25. The summed E-state index contributed by atoms with van der Waals surface area (Å²) in [7, 11) is 2.22. The quantitative estimate of drug-likeness (QED) is 0.558. The molecule has 0 saturated heterocycles. The van der Waals surface area contributed by atoms with Gasteiger partial charge in [0.25, 0.3) is 0 Å². The van der Waals surface area contributed by atoms with Gasteiger partial charge in [-0.15, -0.1) is 0 Å². The van der Waals surface area contributed by atoms with Crippen LogP contribution in [0.4, 0.5) is 10.1 Å². The zero-order chi connectivity index (χ0) is 16.5. The van der Waals surface area contributed by atoms with Crippen LogP contribution in [0.5, 0.6) is 0 Å². The minimum absolute atomic E-state index is 0.0824. The third-order valence-electron chi connectivity index (χ3n) is 3.76. The summed E-state index contributed by atoms with van der Waals surface area (Å²) < 4.78 is 20.8. The van der Waals surface area contributed by atoms with Crippen molar-refractivity contribution in [3.63, 3.8) is 0 Å². The Bertz CT molecular complexity index is 672. The molecule has 1 heterocycles. The molecule has 1 aromatic heterocycles. The van der Waals surface area contributed by atoms with Gasteiger partial charge in [0.2, 0.25) is 0 Å². The van der Waals surface area contributed by atoms with Crippen LogP contribution >= 0.6 is 9.47 Å². The molecule has 2 unspecified atom stereocenters. The van der Waals surface area contributed by atoms with Crippen LogP contribution in [0.1, 0.15) is 19.5 Å². The van der Waals surface area contributed by atoms with Gasteiger partial charge >= 0.3 is 0 Å². The minimum Gasteiger partial charge on any atom is -0.396 e. The lowest BCUT2D eigenvalue weighted by Gasteiger charge is -2.26. The number of hydrogen-bond acceptors (Lipinski definition) is 4. The molecule has 0 aliphatic carbocycles. The summed E-state index contributed by atoms with van der Waals surface area (Å²) in [6.07, 6.45) is -0.928. The van der Waals surface area contributed by atoms with Gasteiger partial charge in [-0.1, -0.05) is 13.8 Å². The topological polar surface area (TPSA) is 80.6 Å². The maximum Gasteiger partial charge on any atom is 0.148 e. The summed E-state index contributed by atoms with van der Waals surface area (Å²) in [5.41, 5.74) is 6.87. The standard InChI is InChI=1S/C15H22FN2O3P/c1-15(2,8-21-22)14-4-9-3-12(17)11(16)5-13(9)18(14)6-10(20)7-19/h3-5,10,19-20H,6-8,17,22H2,1-2H3. The van der Waals surface area contributed by atoms with Gasteiger partial charge in [-0.05, 0) is 12.1 Å².